The molecule has 30 heavy (non-hydrogen) atoms. The van der Waals surface area contributed by atoms with Crippen LogP contribution in [0.2, 0.25) is 0 Å². The molecule has 2 N–H and O–H groups in total. The summed E-state index contributed by atoms with van der Waals surface area (Å²) in [5, 5.41) is 31.6. The molecule has 0 bridgehead atoms. The quantitative estimate of drug-likeness (QED) is 0.147. The van der Waals surface area contributed by atoms with Crippen molar-refractivity contribution in [2.24, 2.45) is 0 Å². The molecule has 4 aromatic rings. The zero-order valence-corrected chi connectivity index (χ0v) is 23.2. The minimum absolute atomic E-state index is 0. The number of fused-ring (bicyclic) bond motifs is 2. The van der Waals surface area contributed by atoms with Crippen molar-refractivity contribution in [1.29, 1.82) is 0 Å². The van der Waals surface area contributed by atoms with Crippen LogP contribution >= 0.6 is 0 Å². The Balaban J connectivity index is 0.000000281. The SMILES string of the molecule is O=S(=O)([O-])c1ccc2nnn(O)c2c1.O=S(=O)([O-])c1ccc2nnn(O)c2c1.[K+].[K+]. The maximum Gasteiger partial charge on any atom is 1.00 e. The van der Waals surface area contributed by atoms with Crippen LogP contribution in [0.4, 0.5) is 0 Å². The Bertz CT molecular complexity index is 1290. The Morgan fingerprint density at radius 1 is 0.700 bits per heavy atom. The van der Waals surface area contributed by atoms with Crippen molar-refractivity contribution < 1.29 is 139 Å². The summed E-state index contributed by atoms with van der Waals surface area (Å²) < 4.78 is 63.7. The zero-order valence-electron chi connectivity index (χ0n) is 15.3. The molecule has 0 saturated heterocycles. The Morgan fingerprint density at radius 3 is 1.33 bits per heavy atom. The van der Waals surface area contributed by atoms with Crippen LogP contribution in [0.15, 0.2) is 46.2 Å². The number of hydrogen-bond acceptors (Lipinski definition) is 12. The van der Waals surface area contributed by atoms with Crippen LogP contribution in [0.1, 0.15) is 0 Å². The van der Waals surface area contributed by atoms with Gasteiger partial charge in [-0.2, -0.15) is 0 Å². The van der Waals surface area contributed by atoms with Gasteiger partial charge in [0.2, 0.25) is 0 Å². The molecule has 148 valence electrons. The van der Waals surface area contributed by atoms with E-state index in [1.807, 2.05) is 0 Å². The summed E-state index contributed by atoms with van der Waals surface area (Å²) in [5.74, 6) is 0. The minimum Gasteiger partial charge on any atom is -0.744 e. The predicted octanol–water partition coefficient (Wildman–Crippen LogP) is -6.85. The molecule has 0 radical (unpaired) electrons. The Kier molecular flexibility index (Phi) is 9.97. The first-order valence-electron chi connectivity index (χ1n) is 6.98. The molecule has 0 saturated carbocycles. The summed E-state index contributed by atoms with van der Waals surface area (Å²) in [5.41, 5.74) is 0.753. The monoisotopic (exact) mass is 506 g/mol. The standard InChI is InChI=1S/2C6H5N3O4S.2K/c2*10-9-6-3-4(14(11,12)13)1-2-5(6)7-8-9;;/h2*1-3,10H,(H,11,12,13);;/q;;2*+1/p-2. The van der Waals surface area contributed by atoms with E-state index in [-0.39, 0.29) is 114 Å². The first-order chi connectivity index (χ1) is 13.0. The van der Waals surface area contributed by atoms with Gasteiger partial charge in [-0.1, -0.05) is 9.69 Å². The van der Waals surface area contributed by atoms with Crippen LogP contribution in [-0.2, 0) is 20.2 Å². The topological polar surface area (TPSA) is 216 Å². The number of rotatable bonds is 2. The fourth-order valence-corrected chi connectivity index (χ4v) is 3.07. The summed E-state index contributed by atoms with van der Waals surface area (Å²) in [6, 6.07) is 6.83. The smallest absolute Gasteiger partial charge is 0.744 e. The molecule has 14 nitrogen and oxygen atoms in total. The van der Waals surface area contributed by atoms with Crippen molar-refractivity contribution in [1.82, 2.24) is 30.3 Å². The van der Waals surface area contributed by atoms with Gasteiger partial charge >= 0.3 is 103 Å². The zero-order chi connectivity index (χ0) is 20.7. The van der Waals surface area contributed by atoms with Gasteiger partial charge in [-0.25, -0.2) is 16.8 Å². The Morgan fingerprint density at radius 2 is 1.03 bits per heavy atom. The summed E-state index contributed by atoms with van der Waals surface area (Å²) >= 11 is 0. The van der Waals surface area contributed by atoms with E-state index < -0.39 is 30.0 Å². The maximum atomic E-state index is 10.6. The fourth-order valence-electron chi connectivity index (χ4n) is 2.08. The average molecular weight is 507 g/mol. The van der Waals surface area contributed by atoms with Crippen LogP contribution in [0.25, 0.3) is 22.1 Å². The normalized spacial score (nSPS) is 11.3. The van der Waals surface area contributed by atoms with Gasteiger partial charge in [-0.05, 0) is 46.8 Å². The van der Waals surface area contributed by atoms with E-state index in [2.05, 4.69) is 20.6 Å². The van der Waals surface area contributed by atoms with Gasteiger partial charge in [0, 0.05) is 0 Å². The van der Waals surface area contributed by atoms with Crippen LogP contribution in [0.5, 0.6) is 0 Å². The first kappa shape index (κ1) is 28.0. The van der Waals surface area contributed by atoms with E-state index >= 15 is 0 Å². The van der Waals surface area contributed by atoms with Crippen molar-refractivity contribution in [3.8, 4) is 0 Å². The van der Waals surface area contributed by atoms with Crippen LogP contribution < -0.4 is 103 Å². The van der Waals surface area contributed by atoms with Crippen molar-refractivity contribution in [3.63, 3.8) is 0 Å². The molecule has 4 rings (SSSR count). The van der Waals surface area contributed by atoms with Crippen LogP contribution in [0.3, 0.4) is 0 Å². The number of benzene rings is 2. The Labute approximate surface area is 253 Å². The van der Waals surface area contributed by atoms with Crippen molar-refractivity contribution >= 4 is 42.3 Å². The largest absolute Gasteiger partial charge is 1.00 e. The third-order valence-corrected chi connectivity index (χ3v) is 5.04. The second-order valence-electron chi connectivity index (χ2n) is 5.17. The molecule has 0 spiro atoms. The van der Waals surface area contributed by atoms with E-state index in [1.165, 1.54) is 12.1 Å². The van der Waals surface area contributed by atoms with Crippen LogP contribution in [-0.4, -0.2) is 66.7 Å². The molecule has 0 aliphatic carbocycles. The molecule has 0 fully saturated rings. The van der Waals surface area contributed by atoms with Crippen molar-refractivity contribution in [3.05, 3.63) is 36.4 Å². The first-order valence-corrected chi connectivity index (χ1v) is 9.80. The minimum atomic E-state index is -4.52. The van der Waals surface area contributed by atoms with E-state index in [9.17, 15) is 25.9 Å². The molecule has 2 aromatic heterocycles. The molecular weight excluding hydrogens is 498 g/mol. The second kappa shape index (κ2) is 10.7. The average Bonchev–Trinajstić information content (AvgIpc) is 3.17. The molecule has 0 aliphatic heterocycles. The number of aromatic nitrogens is 6. The molecule has 0 amide bonds. The molecule has 0 aliphatic rings. The summed E-state index contributed by atoms with van der Waals surface area (Å²) in [6.07, 6.45) is 0. The van der Waals surface area contributed by atoms with Crippen molar-refractivity contribution in [2.75, 3.05) is 0 Å². The molecule has 0 atom stereocenters. The summed E-state index contributed by atoms with van der Waals surface area (Å²) in [7, 11) is -9.04. The van der Waals surface area contributed by atoms with E-state index in [0.29, 0.717) is 20.7 Å². The van der Waals surface area contributed by atoms with Gasteiger partial charge in [0.05, 0.1) is 9.79 Å². The molecule has 18 heteroatoms. The van der Waals surface area contributed by atoms with E-state index in [4.69, 9.17) is 10.4 Å². The van der Waals surface area contributed by atoms with Gasteiger partial charge in [0.25, 0.3) is 0 Å². The summed E-state index contributed by atoms with van der Waals surface area (Å²) in [4.78, 5) is -0.0428. The van der Waals surface area contributed by atoms with Gasteiger partial charge in [0.1, 0.15) is 42.3 Å². The van der Waals surface area contributed by atoms with E-state index in [0.717, 1.165) is 24.3 Å². The summed E-state index contributed by atoms with van der Waals surface area (Å²) in [6.45, 7) is 0. The molecule has 2 aromatic carbocycles. The van der Waals surface area contributed by atoms with E-state index in [1.54, 1.807) is 0 Å². The third kappa shape index (κ3) is 6.48. The van der Waals surface area contributed by atoms with Crippen LogP contribution in [0, 0.1) is 0 Å². The molecular formula is C12H8K2N6O8S2. The van der Waals surface area contributed by atoms with Gasteiger partial charge in [-0.3, -0.25) is 0 Å². The predicted molar refractivity (Wildman–Crippen MR) is 85.4 cm³/mol. The molecule has 0 unspecified atom stereocenters. The van der Waals surface area contributed by atoms with Gasteiger partial charge < -0.3 is 19.5 Å². The Hall–Kier alpha value is -0.0673. The fraction of sp³-hybridized carbons (Fsp3) is 0. The third-order valence-electron chi connectivity index (χ3n) is 3.38. The molecule has 2 heterocycles. The second-order valence-corrected chi connectivity index (χ2v) is 7.93. The van der Waals surface area contributed by atoms with Gasteiger partial charge in [0.15, 0.2) is 0 Å². The maximum absolute atomic E-state index is 10.6. The number of hydrogen-bond donors (Lipinski definition) is 2. The van der Waals surface area contributed by atoms with Crippen molar-refractivity contribution in [2.45, 2.75) is 9.79 Å². The number of nitrogens with zero attached hydrogens (tertiary/aromatic N) is 6. The van der Waals surface area contributed by atoms with Gasteiger partial charge in [-0.15, -0.1) is 10.2 Å².